The Balaban J connectivity index is 2.75. The van der Waals surface area contributed by atoms with Crippen LogP contribution in [0.15, 0.2) is 24.3 Å². The van der Waals surface area contributed by atoms with Crippen molar-refractivity contribution in [3.05, 3.63) is 29.8 Å². The molecule has 0 heterocycles. The minimum Gasteiger partial charge on any atom is -0.480 e. The summed E-state index contributed by atoms with van der Waals surface area (Å²) in [5.74, 6) is -2.46. The molecule has 1 aromatic carbocycles. The van der Waals surface area contributed by atoms with Gasteiger partial charge in [-0.15, -0.1) is 0 Å². The first-order chi connectivity index (χ1) is 8.99. The van der Waals surface area contributed by atoms with Crippen LogP contribution >= 0.6 is 0 Å². The first-order valence-electron chi connectivity index (χ1n) is 5.39. The van der Waals surface area contributed by atoms with E-state index in [1.54, 1.807) is 0 Å². The van der Waals surface area contributed by atoms with Crippen LogP contribution in [-0.4, -0.2) is 43.2 Å². The Kier molecular flexibility index (Phi) is 5.01. The standard InChI is InChI=1S/C12H14N2O5/c1-13-9(11(16)17)10(15)14-8-5-3-7(4-6-8)12(18)19-2/h3-6,9,13H,1-2H3,(H,14,15)(H,16,17). The number of methoxy groups -OCH3 is 1. The minimum absolute atomic E-state index is 0.337. The average Bonchev–Trinajstić information content (AvgIpc) is 2.39. The molecular formula is C12H14N2O5. The number of carbonyl (C=O) groups excluding carboxylic acids is 2. The number of ether oxygens (including phenoxy) is 1. The molecule has 1 atom stereocenters. The third kappa shape index (κ3) is 3.78. The predicted molar refractivity (Wildman–Crippen MR) is 66.9 cm³/mol. The summed E-state index contributed by atoms with van der Waals surface area (Å²) in [5, 5.41) is 13.6. The van der Waals surface area contributed by atoms with Crippen LogP contribution in [0.1, 0.15) is 10.4 Å². The fraction of sp³-hybridized carbons (Fsp3) is 0.250. The van der Waals surface area contributed by atoms with E-state index >= 15 is 0 Å². The Morgan fingerprint density at radius 2 is 1.79 bits per heavy atom. The number of carbonyl (C=O) groups is 3. The molecule has 0 fully saturated rings. The second-order valence-corrected chi connectivity index (χ2v) is 3.62. The third-order valence-corrected chi connectivity index (χ3v) is 2.37. The molecule has 0 aliphatic carbocycles. The van der Waals surface area contributed by atoms with Crippen molar-refractivity contribution in [2.75, 3.05) is 19.5 Å². The fourth-order valence-corrected chi connectivity index (χ4v) is 1.39. The average molecular weight is 266 g/mol. The lowest BCUT2D eigenvalue weighted by molar-refractivity contribution is -0.142. The first-order valence-corrected chi connectivity index (χ1v) is 5.39. The summed E-state index contributed by atoms with van der Waals surface area (Å²) < 4.78 is 4.53. The fourth-order valence-electron chi connectivity index (χ4n) is 1.39. The summed E-state index contributed by atoms with van der Waals surface area (Å²) in [5.41, 5.74) is 0.725. The molecule has 1 amide bonds. The molecule has 1 aromatic rings. The number of anilines is 1. The van der Waals surface area contributed by atoms with Crippen LogP contribution in [0.2, 0.25) is 0 Å². The van der Waals surface area contributed by atoms with E-state index in [0.29, 0.717) is 11.3 Å². The number of esters is 1. The Labute approximate surface area is 109 Å². The topological polar surface area (TPSA) is 105 Å². The number of carboxylic acid groups (broad SMARTS) is 1. The number of amides is 1. The van der Waals surface area contributed by atoms with Gasteiger partial charge in [0.1, 0.15) is 0 Å². The number of benzene rings is 1. The SMILES string of the molecule is CNC(C(=O)O)C(=O)Nc1ccc(C(=O)OC)cc1. The van der Waals surface area contributed by atoms with Gasteiger partial charge in [0.05, 0.1) is 12.7 Å². The lowest BCUT2D eigenvalue weighted by Crippen LogP contribution is -2.44. The summed E-state index contributed by atoms with van der Waals surface area (Å²) in [6.07, 6.45) is 0. The van der Waals surface area contributed by atoms with Crippen LogP contribution in [0, 0.1) is 0 Å². The Morgan fingerprint density at radius 3 is 2.21 bits per heavy atom. The summed E-state index contributed by atoms with van der Waals surface area (Å²) in [6.45, 7) is 0. The second-order valence-electron chi connectivity index (χ2n) is 3.62. The van der Waals surface area contributed by atoms with Crippen molar-refractivity contribution in [2.24, 2.45) is 0 Å². The summed E-state index contributed by atoms with van der Waals surface area (Å²) in [4.78, 5) is 33.6. The molecular weight excluding hydrogens is 252 g/mol. The normalized spacial score (nSPS) is 11.5. The molecule has 0 bridgehead atoms. The van der Waals surface area contributed by atoms with Crippen LogP contribution in [0.4, 0.5) is 5.69 Å². The van der Waals surface area contributed by atoms with Gasteiger partial charge in [-0.25, -0.2) is 9.59 Å². The number of hydrogen-bond acceptors (Lipinski definition) is 5. The molecule has 3 N–H and O–H groups in total. The van der Waals surface area contributed by atoms with Gasteiger partial charge in [0.25, 0.3) is 5.91 Å². The Hall–Kier alpha value is -2.41. The smallest absolute Gasteiger partial charge is 0.337 e. The molecule has 7 heteroatoms. The van der Waals surface area contributed by atoms with Crippen LogP contribution in [0.5, 0.6) is 0 Å². The minimum atomic E-state index is -1.33. The number of nitrogens with one attached hydrogen (secondary N) is 2. The van der Waals surface area contributed by atoms with E-state index in [2.05, 4.69) is 15.4 Å². The quantitative estimate of drug-likeness (QED) is 0.515. The first kappa shape index (κ1) is 14.7. The number of carboxylic acids is 1. The molecule has 0 spiro atoms. The Bertz CT molecular complexity index is 483. The van der Waals surface area contributed by atoms with Crippen LogP contribution < -0.4 is 10.6 Å². The third-order valence-electron chi connectivity index (χ3n) is 2.37. The van der Waals surface area contributed by atoms with Gasteiger partial charge in [0, 0.05) is 5.69 Å². The van der Waals surface area contributed by atoms with E-state index in [1.807, 2.05) is 0 Å². The summed E-state index contributed by atoms with van der Waals surface area (Å²) >= 11 is 0. The largest absolute Gasteiger partial charge is 0.480 e. The van der Waals surface area contributed by atoms with Crippen LogP contribution in [0.3, 0.4) is 0 Å². The lowest BCUT2D eigenvalue weighted by Gasteiger charge is -2.11. The highest BCUT2D eigenvalue weighted by molar-refractivity contribution is 6.07. The molecule has 0 radical (unpaired) electrons. The van der Waals surface area contributed by atoms with Crippen molar-refractivity contribution in [1.82, 2.24) is 5.32 Å². The molecule has 0 aromatic heterocycles. The van der Waals surface area contributed by atoms with Gasteiger partial charge in [-0.1, -0.05) is 0 Å². The van der Waals surface area contributed by atoms with Crippen LogP contribution in [-0.2, 0) is 14.3 Å². The van der Waals surface area contributed by atoms with Gasteiger partial charge in [0.15, 0.2) is 6.04 Å². The van der Waals surface area contributed by atoms with Crippen molar-refractivity contribution in [1.29, 1.82) is 0 Å². The monoisotopic (exact) mass is 266 g/mol. The van der Waals surface area contributed by atoms with Crippen molar-refractivity contribution in [2.45, 2.75) is 6.04 Å². The van der Waals surface area contributed by atoms with E-state index in [9.17, 15) is 14.4 Å². The zero-order valence-corrected chi connectivity index (χ0v) is 10.5. The van der Waals surface area contributed by atoms with Gasteiger partial charge in [-0.05, 0) is 31.3 Å². The highest BCUT2D eigenvalue weighted by Crippen LogP contribution is 2.10. The molecule has 19 heavy (non-hydrogen) atoms. The maximum Gasteiger partial charge on any atom is 0.337 e. The second kappa shape index (κ2) is 6.50. The highest BCUT2D eigenvalue weighted by Gasteiger charge is 2.24. The van der Waals surface area contributed by atoms with E-state index in [1.165, 1.54) is 38.4 Å². The zero-order valence-electron chi connectivity index (χ0n) is 10.5. The van der Waals surface area contributed by atoms with Gasteiger partial charge < -0.3 is 15.2 Å². The molecule has 0 aliphatic rings. The number of rotatable bonds is 5. The number of hydrogen-bond donors (Lipinski definition) is 3. The van der Waals surface area contributed by atoms with E-state index in [0.717, 1.165) is 0 Å². The van der Waals surface area contributed by atoms with E-state index in [-0.39, 0.29) is 0 Å². The van der Waals surface area contributed by atoms with Gasteiger partial charge in [0.2, 0.25) is 0 Å². The van der Waals surface area contributed by atoms with E-state index < -0.39 is 23.9 Å². The highest BCUT2D eigenvalue weighted by atomic mass is 16.5. The molecule has 0 saturated carbocycles. The lowest BCUT2D eigenvalue weighted by atomic mass is 10.2. The van der Waals surface area contributed by atoms with Gasteiger partial charge >= 0.3 is 11.9 Å². The van der Waals surface area contributed by atoms with E-state index in [4.69, 9.17) is 5.11 Å². The van der Waals surface area contributed by atoms with Crippen molar-refractivity contribution >= 4 is 23.5 Å². The number of likely N-dealkylation sites (N-methyl/N-ethyl adjacent to an activating group) is 1. The van der Waals surface area contributed by atoms with Gasteiger partial charge in [-0.2, -0.15) is 0 Å². The maximum atomic E-state index is 11.6. The maximum absolute atomic E-state index is 11.6. The van der Waals surface area contributed by atoms with Gasteiger partial charge in [-0.3, -0.25) is 10.1 Å². The van der Waals surface area contributed by atoms with Crippen LogP contribution in [0.25, 0.3) is 0 Å². The van der Waals surface area contributed by atoms with Crippen molar-refractivity contribution in [3.63, 3.8) is 0 Å². The molecule has 1 unspecified atom stereocenters. The van der Waals surface area contributed by atoms with Crippen molar-refractivity contribution < 1.29 is 24.2 Å². The molecule has 102 valence electrons. The predicted octanol–water partition coefficient (Wildman–Crippen LogP) is 0.0843. The molecule has 1 rings (SSSR count). The number of aliphatic carboxylic acids is 1. The summed E-state index contributed by atoms with van der Waals surface area (Å²) in [7, 11) is 2.64. The van der Waals surface area contributed by atoms with Crippen molar-refractivity contribution in [3.8, 4) is 0 Å². The Morgan fingerprint density at radius 1 is 1.21 bits per heavy atom. The summed E-state index contributed by atoms with van der Waals surface area (Å²) in [6, 6.07) is 4.57. The zero-order chi connectivity index (χ0) is 14.4. The molecule has 7 nitrogen and oxygen atoms in total. The molecule has 0 aliphatic heterocycles. The molecule has 0 saturated heterocycles.